The van der Waals surface area contributed by atoms with E-state index in [2.05, 4.69) is 35.1 Å². The number of ether oxygens (including phenoxy) is 1. The van der Waals surface area contributed by atoms with E-state index in [0.717, 1.165) is 21.5 Å². The summed E-state index contributed by atoms with van der Waals surface area (Å²) in [6.45, 7) is 6.29. The zero-order chi connectivity index (χ0) is 15.2. The maximum Gasteiger partial charge on any atom is 0.127 e. The Bertz CT molecular complexity index is 585. The van der Waals surface area contributed by atoms with Gasteiger partial charge in [-0.15, -0.1) is 11.3 Å². The lowest BCUT2D eigenvalue weighted by molar-refractivity contribution is 0.307. The Labute approximate surface area is 137 Å². The molecule has 0 spiro atoms. The molecule has 2 nitrogen and oxygen atoms in total. The van der Waals surface area contributed by atoms with Gasteiger partial charge in [-0.25, -0.2) is 4.39 Å². The summed E-state index contributed by atoms with van der Waals surface area (Å²) in [6, 6.07) is 6.84. The van der Waals surface area contributed by atoms with Crippen LogP contribution in [0.3, 0.4) is 0 Å². The molecule has 0 unspecified atom stereocenters. The number of halogens is 2. The number of thiophene rings is 1. The van der Waals surface area contributed by atoms with E-state index >= 15 is 0 Å². The maximum atomic E-state index is 13.6. The first kappa shape index (κ1) is 16.5. The highest BCUT2D eigenvalue weighted by Crippen LogP contribution is 2.25. The van der Waals surface area contributed by atoms with Crippen molar-refractivity contribution in [2.45, 2.75) is 27.0 Å². The fourth-order valence-corrected chi connectivity index (χ4v) is 3.27. The molecule has 5 heteroatoms. The highest BCUT2D eigenvalue weighted by Gasteiger charge is 2.05. The average Bonchev–Trinajstić information content (AvgIpc) is 2.81. The first-order valence-electron chi connectivity index (χ1n) is 6.89. The minimum absolute atomic E-state index is 0.265. The average molecular weight is 372 g/mol. The Morgan fingerprint density at radius 2 is 2.14 bits per heavy atom. The highest BCUT2D eigenvalue weighted by atomic mass is 79.9. The van der Waals surface area contributed by atoms with Crippen molar-refractivity contribution in [1.29, 1.82) is 0 Å². The fourth-order valence-electron chi connectivity index (χ4n) is 1.89. The summed E-state index contributed by atoms with van der Waals surface area (Å²) in [5, 5.41) is 5.30. The molecule has 0 aliphatic heterocycles. The van der Waals surface area contributed by atoms with Gasteiger partial charge >= 0.3 is 0 Å². The van der Waals surface area contributed by atoms with Gasteiger partial charge in [-0.05, 0) is 57.5 Å². The lowest BCUT2D eigenvalue weighted by Gasteiger charge is -2.10. The van der Waals surface area contributed by atoms with Gasteiger partial charge in [-0.2, -0.15) is 0 Å². The summed E-state index contributed by atoms with van der Waals surface area (Å²) >= 11 is 5.08. The van der Waals surface area contributed by atoms with Gasteiger partial charge in [-0.1, -0.05) is 13.8 Å². The summed E-state index contributed by atoms with van der Waals surface area (Å²) in [5.74, 6) is 0.876. The molecule has 0 saturated heterocycles. The molecule has 0 amide bonds. The van der Waals surface area contributed by atoms with Gasteiger partial charge < -0.3 is 10.1 Å². The van der Waals surface area contributed by atoms with E-state index in [1.807, 2.05) is 17.5 Å². The monoisotopic (exact) mass is 371 g/mol. The molecule has 0 aliphatic carbocycles. The van der Waals surface area contributed by atoms with Gasteiger partial charge in [0.2, 0.25) is 0 Å². The van der Waals surface area contributed by atoms with Crippen LogP contribution in [0.2, 0.25) is 0 Å². The fraction of sp³-hybridized carbons (Fsp3) is 0.375. The number of rotatable bonds is 7. The summed E-state index contributed by atoms with van der Waals surface area (Å²) in [4.78, 5) is 1.10. The molecule has 0 saturated carbocycles. The predicted molar refractivity (Wildman–Crippen MR) is 89.3 cm³/mol. The minimum atomic E-state index is -0.265. The van der Waals surface area contributed by atoms with Crippen molar-refractivity contribution in [2.24, 2.45) is 5.92 Å². The number of nitrogens with one attached hydrogen (secondary N) is 1. The van der Waals surface area contributed by atoms with E-state index in [1.165, 1.54) is 6.07 Å². The van der Waals surface area contributed by atoms with Crippen LogP contribution in [0, 0.1) is 11.7 Å². The number of hydrogen-bond donors (Lipinski definition) is 1. The first-order valence-corrected chi connectivity index (χ1v) is 8.56. The molecule has 2 rings (SSSR count). The normalized spacial score (nSPS) is 11.1. The smallest absolute Gasteiger partial charge is 0.127 e. The molecule has 0 aliphatic rings. The third kappa shape index (κ3) is 5.41. The number of benzene rings is 1. The van der Waals surface area contributed by atoms with Gasteiger partial charge in [0.25, 0.3) is 0 Å². The van der Waals surface area contributed by atoms with Crippen molar-refractivity contribution in [3.05, 3.63) is 50.4 Å². The second-order valence-corrected chi connectivity index (χ2v) is 7.16. The maximum absolute atomic E-state index is 13.6. The topological polar surface area (TPSA) is 21.3 Å². The Kier molecular flexibility index (Phi) is 6.21. The van der Waals surface area contributed by atoms with Crippen molar-refractivity contribution < 1.29 is 9.13 Å². The van der Waals surface area contributed by atoms with Crippen LogP contribution in [0.4, 0.5) is 4.39 Å². The van der Waals surface area contributed by atoms with E-state index in [9.17, 15) is 4.39 Å². The molecular formula is C16H19BrFNOS. The zero-order valence-electron chi connectivity index (χ0n) is 12.2. The Morgan fingerprint density at radius 3 is 2.81 bits per heavy atom. The van der Waals surface area contributed by atoms with Crippen molar-refractivity contribution in [3.63, 3.8) is 0 Å². The quantitative estimate of drug-likeness (QED) is 0.741. The molecule has 1 N–H and O–H groups in total. The van der Waals surface area contributed by atoms with E-state index in [0.29, 0.717) is 24.8 Å². The Balaban J connectivity index is 1.96. The minimum Gasteiger partial charge on any atom is -0.488 e. The molecule has 21 heavy (non-hydrogen) atoms. The van der Waals surface area contributed by atoms with Gasteiger partial charge in [0.05, 0.1) is 4.88 Å². The van der Waals surface area contributed by atoms with E-state index in [-0.39, 0.29) is 5.82 Å². The SMILES string of the molecule is CC(C)CNCc1cc(F)cc(OCc2sccc2Br)c1. The Hall–Kier alpha value is -0.910. The van der Waals surface area contributed by atoms with Crippen molar-refractivity contribution in [1.82, 2.24) is 5.32 Å². The third-order valence-electron chi connectivity index (χ3n) is 2.87. The van der Waals surface area contributed by atoms with Crippen molar-refractivity contribution >= 4 is 27.3 Å². The molecule has 1 heterocycles. The largest absolute Gasteiger partial charge is 0.488 e. The molecule has 1 aromatic carbocycles. The standard InChI is InChI=1S/C16H19BrFNOS/c1-11(2)8-19-9-12-5-13(18)7-14(6-12)20-10-16-15(17)3-4-21-16/h3-7,11,19H,8-10H2,1-2H3. The van der Waals surface area contributed by atoms with Crippen molar-refractivity contribution in [3.8, 4) is 5.75 Å². The van der Waals surface area contributed by atoms with Crippen LogP contribution in [0.1, 0.15) is 24.3 Å². The van der Waals surface area contributed by atoms with Crippen molar-refractivity contribution in [2.75, 3.05) is 6.54 Å². The van der Waals surface area contributed by atoms with Crippen LogP contribution < -0.4 is 10.1 Å². The summed E-state index contributed by atoms with van der Waals surface area (Å²) in [6.07, 6.45) is 0. The lowest BCUT2D eigenvalue weighted by atomic mass is 10.2. The molecule has 0 fully saturated rings. The Morgan fingerprint density at radius 1 is 1.33 bits per heavy atom. The van der Waals surface area contributed by atoms with E-state index < -0.39 is 0 Å². The van der Waals surface area contributed by atoms with Gasteiger partial charge in [0.15, 0.2) is 0 Å². The molecule has 2 aromatic rings. The van der Waals surface area contributed by atoms with Crippen LogP contribution in [0.5, 0.6) is 5.75 Å². The first-order chi connectivity index (χ1) is 10.0. The van der Waals surface area contributed by atoms with E-state index in [1.54, 1.807) is 17.4 Å². The lowest BCUT2D eigenvalue weighted by Crippen LogP contribution is -2.19. The molecule has 0 atom stereocenters. The predicted octanol–water partition coefficient (Wildman–Crippen LogP) is 4.97. The molecule has 0 radical (unpaired) electrons. The van der Waals surface area contributed by atoms with E-state index in [4.69, 9.17) is 4.74 Å². The second-order valence-electron chi connectivity index (χ2n) is 5.30. The molecular weight excluding hydrogens is 353 g/mol. The second kappa shape index (κ2) is 7.92. The third-order valence-corrected chi connectivity index (χ3v) is 4.77. The summed E-state index contributed by atoms with van der Waals surface area (Å²) in [5.41, 5.74) is 0.899. The van der Waals surface area contributed by atoms with Crippen LogP contribution >= 0.6 is 27.3 Å². The van der Waals surface area contributed by atoms with Crippen LogP contribution in [0.25, 0.3) is 0 Å². The molecule has 0 bridgehead atoms. The summed E-state index contributed by atoms with van der Waals surface area (Å²) < 4.78 is 20.4. The molecule has 114 valence electrons. The number of hydrogen-bond acceptors (Lipinski definition) is 3. The van der Waals surface area contributed by atoms with Crippen LogP contribution in [-0.2, 0) is 13.2 Å². The van der Waals surface area contributed by atoms with Gasteiger partial charge in [0.1, 0.15) is 18.2 Å². The van der Waals surface area contributed by atoms with Gasteiger partial charge in [0, 0.05) is 17.1 Å². The zero-order valence-corrected chi connectivity index (χ0v) is 14.6. The van der Waals surface area contributed by atoms with Crippen LogP contribution in [-0.4, -0.2) is 6.54 Å². The molecule has 1 aromatic heterocycles. The summed E-state index contributed by atoms with van der Waals surface area (Å²) in [7, 11) is 0. The van der Waals surface area contributed by atoms with Crippen LogP contribution in [0.15, 0.2) is 34.1 Å². The highest BCUT2D eigenvalue weighted by molar-refractivity contribution is 9.10. The van der Waals surface area contributed by atoms with Gasteiger partial charge in [-0.3, -0.25) is 0 Å².